The number of halogens is 1. The number of rotatable bonds is 5. The van der Waals surface area contributed by atoms with E-state index in [1.807, 2.05) is 6.20 Å². The monoisotopic (exact) mass is 520 g/mol. The third-order valence-electron chi connectivity index (χ3n) is 5.84. The Kier molecular flexibility index (Phi) is 8.32. The minimum atomic E-state index is 0. The van der Waals surface area contributed by atoms with E-state index < -0.39 is 0 Å². The van der Waals surface area contributed by atoms with Gasteiger partial charge in [-0.1, -0.05) is 25.1 Å². The largest absolute Gasteiger partial charge is 0.356 e. The number of fused-ring (bicyclic) bond motifs is 1. The van der Waals surface area contributed by atoms with E-state index in [1.54, 1.807) is 0 Å². The van der Waals surface area contributed by atoms with Crippen LogP contribution in [0.5, 0.6) is 0 Å². The number of nitrogens with one attached hydrogen (secondary N) is 1. The van der Waals surface area contributed by atoms with Crippen molar-refractivity contribution < 1.29 is 0 Å². The van der Waals surface area contributed by atoms with E-state index >= 15 is 0 Å². The molecule has 0 amide bonds. The minimum absolute atomic E-state index is 0. The Bertz CT molecular complexity index is 847. The Hall–Kier alpha value is -1.87. The molecular weight excluding hydrogens is 487 g/mol. The summed E-state index contributed by atoms with van der Waals surface area (Å²) < 4.78 is 0. The summed E-state index contributed by atoms with van der Waals surface area (Å²) in [4.78, 5) is 16.8. The third kappa shape index (κ3) is 5.24. The normalized spacial score (nSPS) is 16.9. The van der Waals surface area contributed by atoms with E-state index in [-0.39, 0.29) is 24.0 Å². The first-order chi connectivity index (χ1) is 14.3. The van der Waals surface area contributed by atoms with Gasteiger partial charge < -0.3 is 20.0 Å². The van der Waals surface area contributed by atoms with Crippen molar-refractivity contribution in [1.29, 1.82) is 0 Å². The fourth-order valence-corrected chi connectivity index (χ4v) is 4.14. The zero-order chi connectivity index (χ0) is 20.1. The molecule has 30 heavy (non-hydrogen) atoms. The Labute approximate surface area is 197 Å². The number of likely N-dealkylation sites (N-methyl/N-ethyl adjacent to an activating group) is 1. The first kappa shape index (κ1) is 22.8. The summed E-state index contributed by atoms with van der Waals surface area (Å²) in [6, 6.07) is 12.9. The van der Waals surface area contributed by atoms with Gasteiger partial charge in [0.2, 0.25) is 0 Å². The van der Waals surface area contributed by atoms with Crippen LogP contribution in [0.1, 0.15) is 25.0 Å². The maximum atomic E-state index is 4.95. The summed E-state index contributed by atoms with van der Waals surface area (Å²) in [6.07, 6.45) is 2.99. The number of anilines is 2. The number of hydrogen-bond acceptors (Lipinski definition) is 4. The molecule has 3 heterocycles. The average molecular weight is 520 g/mol. The molecule has 7 heteroatoms. The molecule has 0 aliphatic carbocycles. The lowest BCUT2D eigenvalue weighted by Crippen LogP contribution is -2.46. The SMILES string of the molecule is CCNC(=NCc1ccnc(N2CCN(CC)CC2)c1)N1CCc2ccccc21.I. The van der Waals surface area contributed by atoms with Crippen molar-refractivity contribution in [2.24, 2.45) is 4.99 Å². The van der Waals surface area contributed by atoms with Gasteiger partial charge in [-0.05, 0) is 49.2 Å². The van der Waals surface area contributed by atoms with Crippen molar-refractivity contribution in [3.63, 3.8) is 0 Å². The molecule has 2 aliphatic rings. The molecule has 2 aromatic rings. The summed E-state index contributed by atoms with van der Waals surface area (Å²) in [5.41, 5.74) is 3.88. The third-order valence-corrected chi connectivity index (χ3v) is 5.84. The molecule has 4 rings (SSSR count). The molecule has 1 aromatic heterocycles. The van der Waals surface area contributed by atoms with E-state index in [0.29, 0.717) is 6.54 Å². The van der Waals surface area contributed by atoms with Crippen molar-refractivity contribution in [3.05, 3.63) is 53.7 Å². The zero-order valence-electron chi connectivity index (χ0n) is 18.0. The van der Waals surface area contributed by atoms with Gasteiger partial charge in [0.05, 0.1) is 6.54 Å². The molecule has 0 spiro atoms. The number of hydrogen-bond donors (Lipinski definition) is 1. The quantitative estimate of drug-likeness (QED) is 0.372. The maximum absolute atomic E-state index is 4.95. The number of piperazine rings is 1. The van der Waals surface area contributed by atoms with Crippen LogP contribution in [0.15, 0.2) is 47.6 Å². The van der Waals surface area contributed by atoms with Crippen molar-refractivity contribution in [1.82, 2.24) is 15.2 Å². The molecule has 6 nitrogen and oxygen atoms in total. The molecule has 2 aliphatic heterocycles. The smallest absolute Gasteiger partial charge is 0.198 e. The van der Waals surface area contributed by atoms with Crippen LogP contribution < -0.4 is 15.1 Å². The van der Waals surface area contributed by atoms with Crippen LogP contribution in [-0.4, -0.2) is 61.7 Å². The van der Waals surface area contributed by atoms with Crippen LogP contribution in [0.3, 0.4) is 0 Å². The van der Waals surface area contributed by atoms with Gasteiger partial charge in [0, 0.05) is 51.2 Å². The second-order valence-electron chi connectivity index (χ2n) is 7.64. The molecule has 0 saturated carbocycles. The summed E-state index contributed by atoms with van der Waals surface area (Å²) >= 11 is 0. The number of pyridine rings is 1. The van der Waals surface area contributed by atoms with Gasteiger partial charge in [-0.15, -0.1) is 24.0 Å². The van der Waals surface area contributed by atoms with Crippen molar-refractivity contribution in [3.8, 4) is 0 Å². The molecule has 0 radical (unpaired) electrons. The topological polar surface area (TPSA) is 47.0 Å². The van der Waals surface area contributed by atoms with Gasteiger partial charge in [-0.3, -0.25) is 0 Å². The number of para-hydroxylation sites is 1. The number of benzene rings is 1. The number of guanidine groups is 1. The van der Waals surface area contributed by atoms with Gasteiger partial charge >= 0.3 is 0 Å². The zero-order valence-corrected chi connectivity index (χ0v) is 20.4. The number of nitrogens with zero attached hydrogens (tertiary/aromatic N) is 5. The average Bonchev–Trinajstić information content (AvgIpc) is 3.21. The lowest BCUT2D eigenvalue weighted by molar-refractivity contribution is 0.270. The van der Waals surface area contributed by atoms with Crippen LogP contribution in [0.2, 0.25) is 0 Å². The standard InChI is InChI=1S/C23H32N6.HI/c1-3-24-23(29-12-10-20-7-5-6-8-21(20)29)26-18-19-9-11-25-22(17-19)28-15-13-27(4-2)14-16-28;/h5-9,11,17H,3-4,10,12-16,18H2,1-2H3,(H,24,26);1H. The van der Waals surface area contributed by atoms with Gasteiger partial charge in [0.1, 0.15) is 5.82 Å². The summed E-state index contributed by atoms with van der Waals surface area (Å²) in [5.74, 6) is 2.04. The molecule has 0 unspecified atom stereocenters. The fourth-order valence-electron chi connectivity index (χ4n) is 4.14. The molecule has 0 atom stereocenters. The van der Waals surface area contributed by atoms with E-state index in [1.165, 1.54) is 16.8 Å². The van der Waals surface area contributed by atoms with Crippen molar-refractivity contribution in [2.75, 3.05) is 55.6 Å². The molecule has 162 valence electrons. The van der Waals surface area contributed by atoms with E-state index in [9.17, 15) is 0 Å². The molecule has 1 saturated heterocycles. The van der Waals surface area contributed by atoms with Crippen LogP contribution in [0.4, 0.5) is 11.5 Å². The first-order valence-corrected chi connectivity index (χ1v) is 10.8. The van der Waals surface area contributed by atoms with Gasteiger partial charge in [0.15, 0.2) is 5.96 Å². The predicted molar refractivity (Wildman–Crippen MR) is 136 cm³/mol. The Morgan fingerprint density at radius 3 is 2.63 bits per heavy atom. The van der Waals surface area contributed by atoms with E-state index in [2.05, 4.69) is 75.2 Å². The van der Waals surface area contributed by atoms with E-state index in [0.717, 1.165) is 64.0 Å². The van der Waals surface area contributed by atoms with Crippen molar-refractivity contribution in [2.45, 2.75) is 26.8 Å². The minimum Gasteiger partial charge on any atom is -0.356 e. The Morgan fingerprint density at radius 1 is 1.07 bits per heavy atom. The summed E-state index contributed by atoms with van der Waals surface area (Å²) in [6.45, 7) is 12.3. The molecule has 0 bridgehead atoms. The van der Waals surface area contributed by atoms with Crippen molar-refractivity contribution >= 4 is 41.4 Å². The molecule has 1 aromatic carbocycles. The van der Waals surface area contributed by atoms with Gasteiger partial charge in [0.25, 0.3) is 0 Å². The lowest BCUT2D eigenvalue weighted by Gasteiger charge is -2.34. The lowest BCUT2D eigenvalue weighted by atomic mass is 10.2. The highest BCUT2D eigenvalue weighted by molar-refractivity contribution is 14.0. The predicted octanol–water partition coefficient (Wildman–Crippen LogP) is 3.37. The Balaban J connectivity index is 0.00000256. The second kappa shape index (κ2) is 10.9. The number of aromatic nitrogens is 1. The second-order valence-corrected chi connectivity index (χ2v) is 7.64. The van der Waals surface area contributed by atoms with Crippen LogP contribution >= 0.6 is 24.0 Å². The summed E-state index contributed by atoms with van der Waals surface area (Å²) in [7, 11) is 0. The van der Waals surface area contributed by atoms with Crippen LogP contribution in [0.25, 0.3) is 0 Å². The highest BCUT2D eigenvalue weighted by Crippen LogP contribution is 2.27. The van der Waals surface area contributed by atoms with Gasteiger partial charge in [-0.2, -0.15) is 0 Å². The first-order valence-electron chi connectivity index (χ1n) is 10.8. The summed E-state index contributed by atoms with van der Waals surface area (Å²) in [5, 5.41) is 3.47. The van der Waals surface area contributed by atoms with Crippen LogP contribution in [-0.2, 0) is 13.0 Å². The molecule has 1 fully saturated rings. The highest BCUT2D eigenvalue weighted by atomic mass is 127. The molecule has 1 N–H and O–H groups in total. The fraction of sp³-hybridized carbons (Fsp3) is 0.478. The highest BCUT2D eigenvalue weighted by Gasteiger charge is 2.22. The van der Waals surface area contributed by atoms with E-state index in [4.69, 9.17) is 4.99 Å². The number of aliphatic imine (C=N–C) groups is 1. The van der Waals surface area contributed by atoms with Crippen LogP contribution in [0, 0.1) is 0 Å². The molecular formula is C23H33IN6. The maximum Gasteiger partial charge on any atom is 0.198 e. The Morgan fingerprint density at radius 2 is 1.87 bits per heavy atom. The van der Waals surface area contributed by atoms with Gasteiger partial charge in [-0.25, -0.2) is 9.98 Å².